The first-order valence-corrected chi connectivity index (χ1v) is 9.85. The van der Waals surface area contributed by atoms with E-state index < -0.39 is 30.3 Å². The zero-order valence-electron chi connectivity index (χ0n) is 16.6. The summed E-state index contributed by atoms with van der Waals surface area (Å²) in [5.74, 6) is -2.19. The molecule has 0 aliphatic heterocycles. The number of hydrogen-bond acceptors (Lipinski definition) is 2. The van der Waals surface area contributed by atoms with Gasteiger partial charge >= 0.3 is 12.4 Å². The summed E-state index contributed by atoms with van der Waals surface area (Å²) in [6, 6.07) is 18.8. The van der Waals surface area contributed by atoms with Crippen molar-refractivity contribution in [2.24, 2.45) is 5.92 Å². The van der Waals surface area contributed by atoms with E-state index in [2.05, 4.69) is 10.3 Å². The zero-order chi connectivity index (χ0) is 22.9. The standard InChI is InChI=1S/C24H18F6N2/c25-23(26,27)16-11-17(24(28,29)30)13-19(12-16)31-14-18-7-4-10-22(32-18)21-9-3-6-15-5-1-2-8-20(15)21/h1-10,12-13,16,31H,11,14H2. The molecule has 3 aromatic rings. The van der Waals surface area contributed by atoms with Gasteiger partial charge in [-0.15, -0.1) is 0 Å². The van der Waals surface area contributed by atoms with E-state index >= 15 is 0 Å². The molecule has 1 N–H and O–H groups in total. The molecular weight excluding hydrogens is 430 g/mol. The molecule has 1 aliphatic rings. The number of aromatic nitrogens is 1. The van der Waals surface area contributed by atoms with Crippen LogP contribution in [0.4, 0.5) is 26.3 Å². The summed E-state index contributed by atoms with van der Waals surface area (Å²) in [7, 11) is 0. The van der Waals surface area contributed by atoms with Crippen LogP contribution in [0, 0.1) is 5.92 Å². The van der Waals surface area contributed by atoms with Crippen molar-refractivity contribution in [2.75, 3.05) is 0 Å². The van der Waals surface area contributed by atoms with Gasteiger partial charge in [-0.2, -0.15) is 26.3 Å². The lowest BCUT2D eigenvalue weighted by atomic mass is 9.91. The maximum absolute atomic E-state index is 13.1. The largest absolute Gasteiger partial charge is 0.412 e. The van der Waals surface area contributed by atoms with Gasteiger partial charge in [0, 0.05) is 16.8 Å². The summed E-state index contributed by atoms with van der Waals surface area (Å²) in [5, 5.41) is 4.71. The molecule has 0 saturated heterocycles. The molecule has 1 aromatic heterocycles. The van der Waals surface area contributed by atoms with Crippen LogP contribution < -0.4 is 5.32 Å². The van der Waals surface area contributed by atoms with Crippen molar-refractivity contribution in [3.8, 4) is 11.3 Å². The topological polar surface area (TPSA) is 24.9 Å². The average molecular weight is 448 g/mol. The number of nitrogens with zero attached hydrogens (tertiary/aromatic N) is 1. The van der Waals surface area contributed by atoms with E-state index in [1.165, 1.54) is 0 Å². The molecule has 8 heteroatoms. The maximum Gasteiger partial charge on any atom is 0.412 e. The Balaban J connectivity index is 1.59. The molecular formula is C24H18F6N2. The minimum Gasteiger partial charge on any atom is -0.380 e. The van der Waals surface area contributed by atoms with Gasteiger partial charge in [-0.05, 0) is 41.5 Å². The van der Waals surface area contributed by atoms with Crippen LogP contribution in [0.3, 0.4) is 0 Å². The average Bonchev–Trinajstić information content (AvgIpc) is 2.76. The van der Waals surface area contributed by atoms with Gasteiger partial charge in [0.25, 0.3) is 0 Å². The third kappa shape index (κ3) is 4.79. The highest BCUT2D eigenvalue weighted by molar-refractivity contribution is 5.95. The summed E-state index contributed by atoms with van der Waals surface area (Å²) >= 11 is 0. The number of fused-ring (bicyclic) bond motifs is 1. The van der Waals surface area contributed by atoms with E-state index in [9.17, 15) is 26.3 Å². The molecule has 0 spiro atoms. The van der Waals surface area contributed by atoms with Gasteiger partial charge in [-0.1, -0.05) is 48.5 Å². The third-order valence-corrected chi connectivity index (χ3v) is 5.28. The number of alkyl halides is 6. The van der Waals surface area contributed by atoms with Crippen molar-refractivity contribution >= 4 is 10.8 Å². The lowest BCUT2D eigenvalue weighted by Crippen LogP contribution is -2.29. The molecule has 0 bridgehead atoms. The number of allylic oxidation sites excluding steroid dienone is 3. The second-order valence-corrected chi connectivity index (χ2v) is 7.54. The van der Waals surface area contributed by atoms with E-state index in [-0.39, 0.29) is 12.2 Å². The number of benzene rings is 2. The van der Waals surface area contributed by atoms with Crippen molar-refractivity contribution in [1.29, 1.82) is 0 Å². The molecule has 4 rings (SSSR count). The Kier molecular flexibility index (Phi) is 5.71. The van der Waals surface area contributed by atoms with Crippen LogP contribution in [-0.4, -0.2) is 17.3 Å². The molecule has 166 valence electrons. The highest BCUT2D eigenvalue weighted by Gasteiger charge is 2.45. The molecule has 0 fully saturated rings. The van der Waals surface area contributed by atoms with Crippen molar-refractivity contribution in [2.45, 2.75) is 25.3 Å². The summed E-state index contributed by atoms with van der Waals surface area (Å²) in [6.45, 7) is -0.0172. The van der Waals surface area contributed by atoms with Crippen LogP contribution in [0.5, 0.6) is 0 Å². The molecule has 1 atom stereocenters. The van der Waals surface area contributed by atoms with Gasteiger partial charge in [-0.3, -0.25) is 4.98 Å². The highest BCUT2D eigenvalue weighted by Crippen LogP contribution is 2.41. The van der Waals surface area contributed by atoms with Crippen molar-refractivity contribution in [1.82, 2.24) is 10.3 Å². The van der Waals surface area contributed by atoms with Crippen LogP contribution in [-0.2, 0) is 6.54 Å². The van der Waals surface area contributed by atoms with E-state index in [0.717, 1.165) is 28.5 Å². The Hall–Kier alpha value is -3.29. The SMILES string of the molecule is FC(F)(F)C1=CC(NCc2cccc(-c3cccc4ccccc34)n2)=CC(C(F)(F)F)C1. The van der Waals surface area contributed by atoms with Crippen molar-refractivity contribution in [3.05, 3.63) is 89.8 Å². The molecule has 32 heavy (non-hydrogen) atoms. The Labute approximate surface area is 180 Å². The van der Waals surface area contributed by atoms with Gasteiger partial charge in [0.05, 0.1) is 23.9 Å². The summed E-state index contributed by atoms with van der Waals surface area (Å²) in [6.07, 6.45) is -9.17. The Morgan fingerprint density at radius 2 is 1.59 bits per heavy atom. The summed E-state index contributed by atoms with van der Waals surface area (Å²) < 4.78 is 78.7. The molecule has 1 heterocycles. The highest BCUT2D eigenvalue weighted by atomic mass is 19.4. The van der Waals surface area contributed by atoms with Crippen LogP contribution >= 0.6 is 0 Å². The zero-order valence-corrected chi connectivity index (χ0v) is 16.6. The molecule has 2 nitrogen and oxygen atoms in total. The van der Waals surface area contributed by atoms with Gasteiger partial charge < -0.3 is 5.32 Å². The Morgan fingerprint density at radius 1 is 0.875 bits per heavy atom. The van der Waals surface area contributed by atoms with Gasteiger partial charge in [-0.25, -0.2) is 0 Å². The van der Waals surface area contributed by atoms with E-state index in [1.54, 1.807) is 12.1 Å². The predicted octanol–water partition coefficient (Wildman–Crippen LogP) is 6.95. The Bertz CT molecular complexity index is 1190. The van der Waals surface area contributed by atoms with Crippen LogP contribution in [0.1, 0.15) is 12.1 Å². The predicted molar refractivity (Wildman–Crippen MR) is 110 cm³/mol. The van der Waals surface area contributed by atoms with E-state index in [1.807, 2.05) is 48.5 Å². The quantitative estimate of drug-likeness (QED) is 0.437. The fourth-order valence-corrected chi connectivity index (χ4v) is 3.69. The second kappa shape index (κ2) is 8.33. The van der Waals surface area contributed by atoms with Gasteiger partial charge in [0.2, 0.25) is 0 Å². The molecule has 2 aromatic carbocycles. The van der Waals surface area contributed by atoms with Crippen LogP contribution in [0.25, 0.3) is 22.0 Å². The van der Waals surface area contributed by atoms with Crippen molar-refractivity contribution < 1.29 is 26.3 Å². The first kappa shape index (κ1) is 21.9. The lowest BCUT2D eigenvalue weighted by molar-refractivity contribution is -0.166. The van der Waals surface area contributed by atoms with E-state index in [4.69, 9.17) is 0 Å². The minimum atomic E-state index is -4.82. The minimum absolute atomic E-state index is 0.0172. The molecule has 0 amide bonds. The fraction of sp³-hybridized carbons (Fsp3) is 0.208. The number of hydrogen-bond donors (Lipinski definition) is 1. The van der Waals surface area contributed by atoms with Crippen LogP contribution in [0.2, 0.25) is 0 Å². The number of rotatable bonds is 4. The molecule has 0 radical (unpaired) electrons. The van der Waals surface area contributed by atoms with Crippen LogP contribution in [0.15, 0.2) is 84.1 Å². The first-order chi connectivity index (χ1) is 15.1. The molecule has 1 aliphatic carbocycles. The Morgan fingerprint density at radius 3 is 2.34 bits per heavy atom. The number of pyridine rings is 1. The lowest BCUT2D eigenvalue weighted by Gasteiger charge is -2.25. The summed E-state index contributed by atoms with van der Waals surface area (Å²) in [4.78, 5) is 4.56. The fourth-order valence-electron chi connectivity index (χ4n) is 3.69. The van der Waals surface area contributed by atoms with Crippen molar-refractivity contribution in [3.63, 3.8) is 0 Å². The second-order valence-electron chi connectivity index (χ2n) is 7.54. The number of halogens is 6. The monoisotopic (exact) mass is 448 g/mol. The summed E-state index contributed by atoms with van der Waals surface area (Å²) in [5.41, 5.74) is 0.620. The smallest absolute Gasteiger partial charge is 0.380 e. The third-order valence-electron chi connectivity index (χ3n) is 5.28. The van der Waals surface area contributed by atoms with E-state index in [0.29, 0.717) is 11.4 Å². The number of nitrogens with one attached hydrogen (secondary N) is 1. The molecule has 0 saturated carbocycles. The normalized spacial score (nSPS) is 17.1. The first-order valence-electron chi connectivity index (χ1n) is 9.85. The maximum atomic E-state index is 13.1. The van der Waals surface area contributed by atoms with Gasteiger partial charge in [0.15, 0.2) is 0 Å². The van der Waals surface area contributed by atoms with Gasteiger partial charge in [0.1, 0.15) is 0 Å². The molecule has 1 unspecified atom stereocenters.